The van der Waals surface area contributed by atoms with Gasteiger partial charge in [0.1, 0.15) is 0 Å². The number of rotatable bonds is 2. The summed E-state index contributed by atoms with van der Waals surface area (Å²) in [5, 5.41) is 13.0. The van der Waals surface area contributed by atoms with E-state index in [1.807, 2.05) is 11.8 Å². The van der Waals surface area contributed by atoms with Gasteiger partial charge in [-0.05, 0) is 25.1 Å². The highest BCUT2D eigenvalue weighted by Gasteiger charge is 2.39. The molecule has 2 heterocycles. The van der Waals surface area contributed by atoms with Gasteiger partial charge >= 0.3 is 0 Å². The molecule has 2 rings (SSSR count). The van der Waals surface area contributed by atoms with Crippen molar-refractivity contribution in [1.29, 1.82) is 0 Å². The predicted molar refractivity (Wildman–Crippen MR) is 60.8 cm³/mol. The van der Waals surface area contributed by atoms with Crippen molar-refractivity contribution < 1.29 is 5.11 Å². The Bertz CT molecular complexity index is 175. The van der Waals surface area contributed by atoms with E-state index < -0.39 is 0 Å². The van der Waals surface area contributed by atoms with Gasteiger partial charge in [-0.15, -0.1) is 0 Å². The van der Waals surface area contributed by atoms with Gasteiger partial charge in [0.15, 0.2) is 0 Å². The third-order valence-corrected chi connectivity index (χ3v) is 4.62. The maximum Gasteiger partial charge on any atom is 0.0623 e. The van der Waals surface area contributed by atoms with E-state index in [4.69, 9.17) is 0 Å². The molecular weight excluding hydrogens is 196 g/mol. The fourth-order valence-corrected chi connectivity index (χ4v) is 3.86. The lowest BCUT2D eigenvalue weighted by molar-refractivity contribution is 0.0538. The largest absolute Gasteiger partial charge is 0.394 e. The molecule has 2 aliphatic rings. The summed E-state index contributed by atoms with van der Waals surface area (Å²) in [6, 6.07) is 0. The zero-order chi connectivity index (χ0) is 9.86. The standard InChI is InChI=1S/C10H20N2OS/c13-8-10(2-7-14-9-10)12-5-1-3-11-4-6-12/h11,13H,1-9H2. The van der Waals surface area contributed by atoms with Crippen LogP contribution in [0.4, 0.5) is 0 Å². The average molecular weight is 216 g/mol. The number of nitrogens with zero attached hydrogens (tertiary/aromatic N) is 1. The average Bonchev–Trinajstić information content (AvgIpc) is 2.54. The van der Waals surface area contributed by atoms with Crippen LogP contribution in [-0.2, 0) is 0 Å². The van der Waals surface area contributed by atoms with Crippen molar-refractivity contribution in [3.8, 4) is 0 Å². The number of nitrogens with one attached hydrogen (secondary N) is 1. The highest BCUT2D eigenvalue weighted by Crippen LogP contribution is 2.33. The van der Waals surface area contributed by atoms with E-state index in [2.05, 4.69) is 10.2 Å². The van der Waals surface area contributed by atoms with Crippen LogP contribution in [0.2, 0.25) is 0 Å². The molecule has 4 heteroatoms. The third kappa shape index (κ3) is 2.08. The normalized spacial score (nSPS) is 35.8. The van der Waals surface area contributed by atoms with Crippen LogP contribution in [0.25, 0.3) is 0 Å². The highest BCUT2D eigenvalue weighted by molar-refractivity contribution is 7.99. The van der Waals surface area contributed by atoms with Crippen molar-refractivity contribution in [1.82, 2.24) is 10.2 Å². The summed E-state index contributed by atoms with van der Waals surface area (Å²) in [4.78, 5) is 2.51. The van der Waals surface area contributed by atoms with Crippen LogP contribution in [0.5, 0.6) is 0 Å². The SMILES string of the molecule is OCC1(N2CCCNCC2)CCSC1. The quantitative estimate of drug-likeness (QED) is 0.689. The number of thioether (sulfide) groups is 1. The molecule has 1 unspecified atom stereocenters. The van der Waals surface area contributed by atoms with Gasteiger partial charge in [-0.2, -0.15) is 11.8 Å². The summed E-state index contributed by atoms with van der Waals surface area (Å²) >= 11 is 1.98. The first kappa shape index (κ1) is 10.7. The van der Waals surface area contributed by atoms with E-state index in [0.29, 0.717) is 6.61 Å². The van der Waals surface area contributed by atoms with Crippen molar-refractivity contribution >= 4 is 11.8 Å². The molecule has 2 aliphatic heterocycles. The topological polar surface area (TPSA) is 35.5 Å². The first-order valence-corrected chi connectivity index (χ1v) is 6.67. The van der Waals surface area contributed by atoms with Gasteiger partial charge in [-0.1, -0.05) is 0 Å². The Morgan fingerprint density at radius 3 is 3.00 bits per heavy atom. The van der Waals surface area contributed by atoms with Gasteiger partial charge in [-0.3, -0.25) is 4.90 Å². The summed E-state index contributed by atoms with van der Waals surface area (Å²) in [6.07, 6.45) is 2.38. The van der Waals surface area contributed by atoms with Crippen LogP contribution in [-0.4, -0.2) is 59.8 Å². The van der Waals surface area contributed by atoms with Crippen molar-refractivity contribution in [2.24, 2.45) is 0 Å². The molecule has 2 saturated heterocycles. The van der Waals surface area contributed by atoms with Crippen molar-refractivity contribution in [2.75, 3.05) is 44.3 Å². The molecule has 0 aromatic carbocycles. The molecule has 0 saturated carbocycles. The van der Waals surface area contributed by atoms with E-state index in [0.717, 1.165) is 38.4 Å². The molecule has 0 spiro atoms. The van der Waals surface area contributed by atoms with Crippen LogP contribution in [0.1, 0.15) is 12.8 Å². The van der Waals surface area contributed by atoms with Crippen molar-refractivity contribution in [2.45, 2.75) is 18.4 Å². The van der Waals surface area contributed by atoms with Gasteiger partial charge < -0.3 is 10.4 Å². The monoisotopic (exact) mass is 216 g/mol. The molecule has 0 aliphatic carbocycles. The second kappa shape index (κ2) is 4.84. The molecule has 2 N–H and O–H groups in total. The van der Waals surface area contributed by atoms with Gasteiger partial charge in [0.25, 0.3) is 0 Å². The Morgan fingerprint density at radius 1 is 1.36 bits per heavy atom. The number of aliphatic hydroxyl groups excluding tert-OH is 1. The Balaban J connectivity index is 2.01. The molecule has 0 aromatic heterocycles. The first-order chi connectivity index (χ1) is 6.87. The highest BCUT2D eigenvalue weighted by atomic mass is 32.2. The molecular formula is C10H20N2OS. The van der Waals surface area contributed by atoms with Gasteiger partial charge in [-0.25, -0.2) is 0 Å². The molecule has 82 valence electrons. The number of aliphatic hydroxyl groups is 1. The van der Waals surface area contributed by atoms with Crippen LogP contribution in [0.15, 0.2) is 0 Å². The van der Waals surface area contributed by atoms with Crippen molar-refractivity contribution in [3.63, 3.8) is 0 Å². The Labute approximate surface area is 90.2 Å². The fourth-order valence-electron chi connectivity index (χ4n) is 2.39. The van der Waals surface area contributed by atoms with E-state index in [9.17, 15) is 5.11 Å². The van der Waals surface area contributed by atoms with E-state index in [-0.39, 0.29) is 5.54 Å². The minimum absolute atomic E-state index is 0.108. The minimum Gasteiger partial charge on any atom is -0.394 e. The summed E-state index contributed by atoms with van der Waals surface area (Å²) in [5.74, 6) is 2.33. The molecule has 1 atom stereocenters. The summed E-state index contributed by atoms with van der Waals surface area (Å²) in [5.41, 5.74) is 0.108. The maximum absolute atomic E-state index is 9.59. The molecule has 0 bridgehead atoms. The second-order valence-electron chi connectivity index (χ2n) is 4.28. The Morgan fingerprint density at radius 2 is 2.29 bits per heavy atom. The van der Waals surface area contributed by atoms with E-state index in [1.165, 1.54) is 12.2 Å². The zero-order valence-corrected chi connectivity index (χ0v) is 9.48. The minimum atomic E-state index is 0.108. The lowest BCUT2D eigenvalue weighted by Crippen LogP contribution is -2.53. The number of hydrogen-bond donors (Lipinski definition) is 2. The molecule has 2 fully saturated rings. The molecule has 3 nitrogen and oxygen atoms in total. The van der Waals surface area contributed by atoms with Crippen LogP contribution in [0, 0.1) is 0 Å². The maximum atomic E-state index is 9.59. The first-order valence-electron chi connectivity index (χ1n) is 5.52. The smallest absolute Gasteiger partial charge is 0.0623 e. The van der Waals surface area contributed by atoms with Gasteiger partial charge in [0.05, 0.1) is 12.1 Å². The Hall–Kier alpha value is 0.230. The van der Waals surface area contributed by atoms with E-state index >= 15 is 0 Å². The summed E-state index contributed by atoms with van der Waals surface area (Å²) in [6.45, 7) is 4.78. The molecule has 0 radical (unpaired) electrons. The van der Waals surface area contributed by atoms with E-state index in [1.54, 1.807) is 0 Å². The van der Waals surface area contributed by atoms with Gasteiger partial charge in [0, 0.05) is 25.4 Å². The third-order valence-electron chi connectivity index (χ3n) is 3.39. The fraction of sp³-hybridized carbons (Fsp3) is 1.00. The summed E-state index contributed by atoms with van der Waals surface area (Å²) < 4.78 is 0. The molecule has 0 aromatic rings. The lowest BCUT2D eigenvalue weighted by atomic mass is 9.97. The lowest BCUT2D eigenvalue weighted by Gasteiger charge is -2.38. The number of hydrogen-bond acceptors (Lipinski definition) is 4. The Kier molecular flexibility index (Phi) is 3.71. The zero-order valence-electron chi connectivity index (χ0n) is 8.67. The van der Waals surface area contributed by atoms with Crippen LogP contribution < -0.4 is 5.32 Å². The summed E-state index contributed by atoms with van der Waals surface area (Å²) in [7, 11) is 0. The molecule has 0 amide bonds. The predicted octanol–water partition coefficient (Wildman–Crippen LogP) is 0.150. The van der Waals surface area contributed by atoms with Crippen LogP contribution >= 0.6 is 11.8 Å². The second-order valence-corrected chi connectivity index (χ2v) is 5.38. The van der Waals surface area contributed by atoms with Gasteiger partial charge in [0.2, 0.25) is 0 Å². The molecule has 14 heavy (non-hydrogen) atoms. The van der Waals surface area contributed by atoms with Crippen LogP contribution in [0.3, 0.4) is 0 Å². The van der Waals surface area contributed by atoms with Crippen molar-refractivity contribution in [3.05, 3.63) is 0 Å².